The average molecular weight is 414 g/mol. The molecule has 1 amide bonds. The van der Waals surface area contributed by atoms with Crippen LogP contribution in [0.4, 0.5) is 10.2 Å². The molecule has 8 heteroatoms. The second kappa shape index (κ2) is 9.30. The predicted octanol–water partition coefficient (Wildman–Crippen LogP) is 2.01. The molecule has 160 valence electrons. The molecule has 3 N–H and O–H groups in total. The molecule has 0 spiro atoms. The van der Waals surface area contributed by atoms with Gasteiger partial charge in [0.2, 0.25) is 5.91 Å². The number of halogens is 1. The number of ether oxygens (including phenoxy) is 2. The second-order valence-electron chi connectivity index (χ2n) is 7.91. The van der Waals surface area contributed by atoms with Gasteiger partial charge >= 0.3 is 0 Å². The first kappa shape index (κ1) is 20.4. The summed E-state index contributed by atoms with van der Waals surface area (Å²) in [5.74, 6) is 1.56. The van der Waals surface area contributed by atoms with Gasteiger partial charge in [0.25, 0.3) is 0 Å². The van der Waals surface area contributed by atoms with Crippen molar-refractivity contribution in [1.82, 2.24) is 15.2 Å². The maximum Gasteiger partial charge on any atom is 0.224 e. The van der Waals surface area contributed by atoms with Gasteiger partial charge in [0, 0.05) is 30.9 Å². The molecule has 1 saturated heterocycles. The maximum atomic E-state index is 13.4. The van der Waals surface area contributed by atoms with Crippen LogP contribution < -0.4 is 20.5 Å². The summed E-state index contributed by atoms with van der Waals surface area (Å²) in [7, 11) is 0. The van der Waals surface area contributed by atoms with Crippen molar-refractivity contribution < 1.29 is 18.7 Å². The van der Waals surface area contributed by atoms with Crippen LogP contribution in [-0.2, 0) is 11.2 Å². The number of nitrogens with two attached hydrogens (primary N) is 1. The van der Waals surface area contributed by atoms with Gasteiger partial charge in [-0.3, -0.25) is 9.69 Å². The first-order valence-electron chi connectivity index (χ1n) is 10.3. The lowest BCUT2D eigenvalue weighted by atomic mass is 9.96. The van der Waals surface area contributed by atoms with E-state index in [-0.39, 0.29) is 24.2 Å². The molecule has 1 atom stereocenters. The Bertz CT molecular complexity index is 886. The van der Waals surface area contributed by atoms with E-state index in [9.17, 15) is 9.18 Å². The third-order valence-electron chi connectivity index (χ3n) is 5.66. The van der Waals surface area contributed by atoms with Gasteiger partial charge in [0.1, 0.15) is 24.3 Å². The molecule has 2 aliphatic heterocycles. The van der Waals surface area contributed by atoms with Crippen LogP contribution in [0.3, 0.4) is 0 Å². The van der Waals surface area contributed by atoms with Gasteiger partial charge in [0.05, 0.1) is 6.42 Å². The molecule has 1 aromatic carbocycles. The van der Waals surface area contributed by atoms with Crippen molar-refractivity contribution >= 4 is 11.7 Å². The second-order valence-corrected chi connectivity index (χ2v) is 7.91. The fourth-order valence-electron chi connectivity index (χ4n) is 3.93. The molecular weight excluding hydrogens is 387 g/mol. The Morgan fingerprint density at radius 3 is 2.90 bits per heavy atom. The van der Waals surface area contributed by atoms with Crippen LogP contribution in [0.15, 0.2) is 36.5 Å². The SMILES string of the molecule is Nc1ncccc1CC(=O)NCC1CCN(CC2COc3ccc(F)cc3O2)CC1. The fourth-order valence-corrected chi connectivity index (χ4v) is 3.93. The van der Waals surface area contributed by atoms with Crippen molar-refractivity contribution in [2.24, 2.45) is 5.92 Å². The van der Waals surface area contributed by atoms with E-state index in [2.05, 4.69) is 15.2 Å². The number of nitrogens with zero attached hydrogens (tertiary/aromatic N) is 2. The standard InChI is InChI=1S/C22H27FN4O3/c23-17-3-4-19-20(11-17)30-18(14-29-19)13-27-8-5-15(6-9-27)12-26-21(28)10-16-2-1-7-25-22(16)24/h1-4,7,11,15,18H,5-6,8-10,12-14H2,(H2,24,25)(H,26,28). The number of piperidine rings is 1. The number of fused-ring (bicyclic) bond motifs is 1. The monoisotopic (exact) mass is 414 g/mol. The molecule has 30 heavy (non-hydrogen) atoms. The van der Waals surface area contributed by atoms with Crippen molar-refractivity contribution in [2.45, 2.75) is 25.4 Å². The summed E-state index contributed by atoms with van der Waals surface area (Å²) in [6.45, 7) is 3.75. The highest BCUT2D eigenvalue weighted by Gasteiger charge is 2.26. The summed E-state index contributed by atoms with van der Waals surface area (Å²) in [5.41, 5.74) is 6.55. The number of carbonyl (C=O) groups excluding carboxylic acids is 1. The Kier molecular flexibility index (Phi) is 6.32. The van der Waals surface area contributed by atoms with Crippen LogP contribution in [0.25, 0.3) is 0 Å². The molecule has 0 saturated carbocycles. The van der Waals surface area contributed by atoms with E-state index >= 15 is 0 Å². The number of nitrogens with one attached hydrogen (secondary N) is 1. The Hall–Kier alpha value is -2.87. The van der Waals surface area contributed by atoms with E-state index in [1.807, 2.05) is 6.07 Å². The van der Waals surface area contributed by atoms with Crippen molar-refractivity contribution in [1.29, 1.82) is 0 Å². The number of hydrogen-bond donors (Lipinski definition) is 2. The molecular formula is C22H27FN4O3. The highest BCUT2D eigenvalue weighted by atomic mass is 19.1. The van der Waals surface area contributed by atoms with Gasteiger partial charge in [-0.25, -0.2) is 9.37 Å². The Balaban J connectivity index is 1.17. The van der Waals surface area contributed by atoms with Gasteiger partial charge in [-0.2, -0.15) is 0 Å². The molecule has 1 unspecified atom stereocenters. The van der Waals surface area contributed by atoms with Crippen LogP contribution in [0.2, 0.25) is 0 Å². The minimum Gasteiger partial charge on any atom is -0.486 e. The minimum absolute atomic E-state index is 0.0317. The largest absolute Gasteiger partial charge is 0.486 e. The zero-order valence-corrected chi connectivity index (χ0v) is 16.9. The van der Waals surface area contributed by atoms with E-state index < -0.39 is 0 Å². The zero-order chi connectivity index (χ0) is 20.9. The Morgan fingerprint density at radius 1 is 1.27 bits per heavy atom. The van der Waals surface area contributed by atoms with Gasteiger partial charge in [-0.05, 0) is 50.0 Å². The lowest BCUT2D eigenvalue weighted by Gasteiger charge is -2.35. The van der Waals surface area contributed by atoms with E-state index in [0.29, 0.717) is 36.4 Å². The third kappa shape index (κ3) is 5.18. The fraction of sp³-hybridized carbons (Fsp3) is 0.455. The molecule has 3 heterocycles. The number of aromatic nitrogens is 1. The maximum absolute atomic E-state index is 13.4. The molecule has 1 fully saturated rings. The summed E-state index contributed by atoms with van der Waals surface area (Å²) < 4.78 is 25.0. The van der Waals surface area contributed by atoms with E-state index in [1.54, 1.807) is 18.3 Å². The van der Waals surface area contributed by atoms with Gasteiger partial charge < -0.3 is 20.5 Å². The number of rotatable bonds is 6. The van der Waals surface area contributed by atoms with Crippen molar-refractivity contribution in [3.8, 4) is 11.5 Å². The van der Waals surface area contributed by atoms with Crippen molar-refractivity contribution in [2.75, 3.05) is 38.5 Å². The van der Waals surface area contributed by atoms with Crippen LogP contribution in [0, 0.1) is 11.7 Å². The number of carbonyl (C=O) groups is 1. The number of anilines is 1. The number of likely N-dealkylation sites (tertiary alicyclic amines) is 1. The zero-order valence-electron chi connectivity index (χ0n) is 16.9. The molecule has 2 aliphatic rings. The lowest BCUT2D eigenvalue weighted by molar-refractivity contribution is -0.120. The number of nitrogen functional groups attached to an aromatic ring is 1. The quantitative estimate of drug-likeness (QED) is 0.752. The molecule has 4 rings (SSSR count). The van der Waals surface area contributed by atoms with Gasteiger partial charge in [-0.1, -0.05) is 6.07 Å². The van der Waals surface area contributed by atoms with Crippen molar-refractivity contribution in [3.05, 3.63) is 47.9 Å². The summed E-state index contributed by atoms with van der Waals surface area (Å²) in [6.07, 6.45) is 3.77. The predicted molar refractivity (Wildman–Crippen MR) is 111 cm³/mol. The first-order valence-corrected chi connectivity index (χ1v) is 10.3. The topological polar surface area (TPSA) is 89.7 Å². The summed E-state index contributed by atoms with van der Waals surface area (Å²) in [5, 5.41) is 3.02. The number of hydrogen-bond acceptors (Lipinski definition) is 6. The van der Waals surface area contributed by atoms with Gasteiger partial charge in [0.15, 0.2) is 11.5 Å². The molecule has 0 radical (unpaired) electrons. The normalized spacial score (nSPS) is 19.4. The molecule has 7 nitrogen and oxygen atoms in total. The number of benzene rings is 1. The highest BCUT2D eigenvalue weighted by molar-refractivity contribution is 5.79. The summed E-state index contributed by atoms with van der Waals surface area (Å²) >= 11 is 0. The minimum atomic E-state index is -0.327. The summed E-state index contributed by atoms with van der Waals surface area (Å²) in [6, 6.07) is 7.95. The van der Waals surface area contributed by atoms with E-state index in [1.165, 1.54) is 12.1 Å². The van der Waals surface area contributed by atoms with E-state index in [0.717, 1.165) is 38.0 Å². The lowest BCUT2D eigenvalue weighted by Crippen LogP contribution is -2.45. The highest BCUT2D eigenvalue weighted by Crippen LogP contribution is 2.32. The van der Waals surface area contributed by atoms with E-state index in [4.69, 9.17) is 15.2 Å². The molecule has 0 bridgehead atoms. The smallest absolute Gasteiger partial charge is 0.224 e. The van der Waals surface area contributed by atoms with Crippen LogP contribution in [0.5, 0.6) is 11.5 Å². The molecule has 2 aromatic rings. The molecule has 0 aliphatic carbocycles. The van der Waals surface area contributed by atoms with Crippen molar-refractivity contribution in [3.63, 3.8) is 0 Å². The number of pyridine rings is 1. The number of amides is 1. The van der Waals surface area contributed by atoms with Crippen LogP contribution in [0.1, 0.15) is 18.4 Å². The van der Waals surface area contributed by atoms with Crippen LogP contribution in [-0.4, -0.2) is 54.7 Å². The third-order valence-corrected chi connectivity index (χ3v) is 5.66. The van der Waals surface area contributed by atoms with Gasteiger partial charge in [-0.15, -0.1) is 0 Å². The van der Waals surface area contributed by atoms with Crippen LogP contribution >= 0.6 is 0 Å². The molecule has 1 aromatic heterocycles. The average Bonchev–Trinajstić information content (AvgIpc) is 2.75. The Morgan fingerprint density at radius 2 is 2.10 bits per heavy atom. The summed E-state index contributed by atoms with van der Waals surface area (Å²) in [4.78, 5) is 18.5. The first-order chi connectivity index (χ1) is 14.6. The Labute approximate surface area is 175 Å².